The molecule has 0 bridgehead atoms. The molecule has 0 aliphatic heterocycles. The van der Waals surface area contributed by atoms with E-state index in [1.807, 2.05) is 13.0 Å². The third-order valence-electron chi connectivity index (χ3n) is 2.71. The lowest BCUT2D eigenvalue weighted by Crippen LogP contribution is -2.14. The Hall–Kier alpha value is -1.45. The Balaban J connectivity index is 2.44. The third-order valence-corrected chi connectivity index (χ3v) is 3.04. The lowest BCUT2D eigenvalue weighted by molar-refractivity contribution is 0.626. The van der Waals surface area contributed by atoms with Gasteiger partial charge >= 0.3 is 0 Å². The molecule has 0 aliphatic rings. The van der Waals surface area contributed by atoms with E-state index >= 15 is 0 Å². The lowest BCUT2D eigenvalue weighted by atomic mass is 9.97. The van der Waals surface area contributed by atoms with Crippen LogP contribution in [0.5, 0.6) is 0 Å². The Morgan fingerprint density at radius 3 is 2.71 bits per heavy atom. The van der Waals surface area contributed by atoms with Crippen LogP contribution in [0.3, 0.4) is 0 Å². The van der Waals surface area contributed by atoms with Crippen LogP contribution < -0.4 is 5.73 Å². The number of halogens is 2. The summed E-state index contributed by atoms with van der Waals surface area (Å²) in [5.74, 6) is -0.367. The fourth-order valence-electron chi connectivity index (χ4n) is 1.72. The van der Waals surface area contributed by atoms with Gasteiger partial charge in [0.1, 0.15) is 5.82 Å². The second kappa shape index (κ2) is 4.82. The first-order chi connectivity index (χ1) is 8.09. The highest BCUT2D eigenvalue weighted by molar-refractivity contribution is 6.31. The number of nitrogens with two attached hydrogens (primary N) is 1. The summed E-state index contributed by atoms with van der Waals surface area (Å²) < 4.78 is 13.0. The average molecular weight is 251 g/mol. The number of benzene rings is 1. The molecule has 0 aliphatic carbocycles. The Bertz CT molecular complexity index is 543. The van der Waals surface area contributed by atoms with Crippen molar-refractivity contribution in [1.29, 1.82) is 0 Å². The minimum Gasteiger partial charge on any atom is -0.320 e. The fraction of sp³-hybridized carbons (Fsp3) is 0.154. The van der Waals surface area contributed by atoms with E-state index < -0.39 is 6.04 Å². The molecule has 0 saturated carbocycles. The van der Waals surface area contributed by atoms with Crippen LogP contribution in [0.25, 0.3) is 0 Å². The van der Waals surface area contributed by atoms with Crippen LogP contribution in [0, 0.1) is 12.7 Å². The summed E-state index contributed by atoms with van der Waals surface area (Å²) in [5.41, 5.74) is 8.74. The highest BCUT2D eigenvalue weighted by Crippen LogP contribution is 2.28. The topological polar surface area (TPSA) is 38.9 Å². The Labute approximate surface area is 104 Å². The maximum absolute atomic E-state index is 13.0. The standard InChI is InChI=1S/C13H12ClFN2/c1-8-4-5-17-7-11(8)13(16)10-3-2-9(15)6-12(10)14/h2-7,13H,16H2,1H3. The van der Waals surface area contributed by atoms with E-state index in [0.29, 0.717) is 10.6 Å². The van der Waals surface area contributed by atoms with E-state index in [-0.39, 0.29) is 5.82 Å². The van der Waals surface area contributed by atoms with Gasteiger partial charge in [-0.15, -0.1) is 0 Å². The van der Waals surface area contributed by atoms with Crippen molar-refractivity contribution >= 4 is 11.6 Å². The molecule has 0 fully saturated rings. The van der Waals surface area contributed by atoms with Crippen LogP contribution in [0.15, 0.2) is 36.7 Å². The van der Waals surface area contributed by atoms with Crippen LogP contribution in [-0.2, 0) is 0 Å². The molecule has 2 rings (SSSR count). The first kappa shape index (κ1) is 12.0. The van der Waals surface area contributed by atoms with Crippen LogP contribution in [0.4, 0.5) is 4.39 Å². The number of rotatable bonds is 2. The highest BCUT2D eigenvalue weighted by Gasteiger charge is 2.14. The Morgan fingerprint density at radius 1 is 1.29 bits per heavy atom. The van der Waals surface area contributed by atoms with E-state index in [0.717, 1.165) is 11.1 Å². The summed E-state index contributed by atoms with van der Waals surface area (Å²) in [6.45, 7) is 1.95. The molecule has 0 saturated heterocycles. The van der Waals surface area contributed by atoms with Crippen molar-refractivity contribution in [3.63, 3.8) is 0 Å². The van der Waals surface area contributed by atoms with Crippen molar-refractivity contribution in [3.05, 3.63) is 64.2 Å². The van der Waals surface area contributed by atoms with Gasteiger partial charge < -0.3 is 5.73 Å². The molecule has 2 aromatic rings. The van der Waals surface area contributed by atoms with E-state index in [2.05, 4.69) is 4.98 Å². The van der Waals surface area contributed by atoms with E-state index in [9.17, 15) is 4.39 Å². The Morgan fingerprint density at radius 2 is 2.06 bits per heavy atom. The Kier molecular flexibility index (Phi) is 3.41. The maximum Gasteiger partial charge on any atom is 0.124 e. The molecular weight excluding hydrogens is 239 g/mol. The van der Waals surface area contributed by atoms with Gasteiger partial charge in [-0.3, -0.25) is 4.98 Å². The first-order valence-electron chi connectivity index (χ1n) is 5.20. The lowest BCUT2D eigenvalue weighted by Gasteiger charge is -2.15. The number of aryl methyl sites for hydroxylation is 1. The maximum atomic E-state index is 13.0. The molecule has 0 amide bonds. The molecule has 1 aromatic heterocycles. The van der Waals surface area contributed by atoms with Crippen molar-refractivity contribution < 1.29 is 4.39 Å². The van der Waals surface area contributed by atoms with Gasteiger partial charge in [-0.1, -0.05) is 17.7 Å². The summed E-state index contributed by atoms with van der Waals surface area (Å²) in [7, 11) is 0. The second-order valence-electron chi connectivity index (χ2n) is 3.88. The van der Waals surface area contributed by atoms with Gasteiger partial charge in [0.15, 0.2) is 0 Å². The van der Waals surface area contributed by atoms with Crippen molar-refractivity contribution in [2.75, 3.05) is 0 Å². The molecular formula is C13H12ClFN2. The SMILES string of the molecule is Cc1ccncc1C(N)c1ccc(F)cc1Cl. The summed E-state index contributed by atoms with van der Waals surface area (Å²) >= 11 is 5.99. The number of hydrogen-bond acceptors (Lipinski definition) is 2. The molecule has 2 N–H and O–H groups in total. The molecule has 4 heteroatoms. The van der Waals surface area contributed by atoms with Crippen LogP contribution in [-0.4, -0.2) is 4.98 Å². The predicted octanol–water partition coefficient (Wildman–Crippen LogP) is 3.23. The zero-order valence-corrected chi connectivity index (χ0v) is 10.1. The highest BCUT2D eigenvalue weighted by atomic mass is 35.5. The average Bonchev–Trinajstić information content (AvgIpc) is 2.29. The summed E-state index contributed by atoms with van der Waals surface area (Å²) in [5, 5.41) is 0.334. The summed E-state index contributed by atoms with van der Waals surface area (Å²) in [6.07, 6.45) is 3.41. The monoisotopic (exact) mass is 250 g/mol. The number of hydrogen-bond donors (Lipinski definition) is 1. The van der Waals surface area contributed by atoms with Crippen LogP contribution in [0.2, 0.25) is 5.02 Å². The van der Waals surface area contributed by atoms with E-state index in [4.69, 9.17) is 17.3 Å². The molecule has 0 spiro atoms. The zero-order valence-electron chi connectivity index (χ0n) is 9.32. The predicted molar refractivity (Wildman–Crippen MR) is 66.4 cm³/mol. The van der Waals surface area contributed by atoms with Crippen molar-refractivity contribution in [1.82, 2.24) is 4.98 Å². The first-order valence-corrected chi connectivity index (χ1v) is 5.58. The molecule has 88 valence electrons. The van der Waals surface area contributed by atoms with E-state index in [1.54, 1.807) is 18.5 Å². The zero-order chi connectivity index (χ0) is 12.4. The van der Waals surface area contributed by atoms with Gasteiger partial charge in [0.05, 0.1) is 6.04 Å². The third kappa shape index (κ3) is 2.46. The van der Waals surface area contributed by atoms with Crippen LogP contribution in [0.1, 0.15) is 22.7 Å². The second-order valence-corrected chi connectivity index (χ2v) is 4.28. The van der Waals surface area contributed by atoms with Gasteiger partial charge in [0.25, 0.3) is 0 Å². The number of pyridine rings is 1. The van der Waals surface area contributed by atoms with Gasteiger partial charge in [0.2, 0.25) is 0 Å². The minimum atomic E-state index is -0.392. The van der Waals surface area contributed by atoms with Gasteiger partial charge in [-0.25, -0.2) is 4.39 Å². The van der Waals surface area contributed by atoms with Gasteiger partial charge in [-0.05, 0) is 41.8 Å². The summed E-state index contributed by atoms with van der Waals surface area (Å²) in [6, 6.07) is 5.72. The largest absolute Gasteiger partial charge is 0.320 e. The molecule has 1 aromatic carbocycles. The molecule has 0 radical (unpaired) electrons. The smallest absolute Gasteiger partial charge is 0.124 e. The minimum absolute atomic E-state index is 0.334. The van der Waals surface area contributed by atoms with Crippen molar-refractivity contribution in [3.8, 4) is 0 Å². The molecule has 1 unspecified atom stereocenters. The molecule has 1 heterocycles. The van der Waals surface area contributed by atoms with E-state index in [1.165, 1.54) is 12.1 Å². The summed E-state index contributed by atoms with van der Waals surface area (Å²) in [4.78, 5) is 4.04. The van der Waals surface area contributed by atoms with Crippen molar-refractivity contribution in [2.45, 2.75) is 13.0 Å². The molecule has 17 heavy (non-hydrogen) atoms. The quantitative estimate of drug-likeness (QED) is 0.889. The van der Waals surface area contributed by atoms with Gasteiger partial charge in [0, 0.05) is 17.4 Å². The number of aromatic nitrogens is 1. The normalized spacial score (nSPS) is 12.5. The van der Waals surface area contributed by atoms with Gasteiger partial charge in [-0.2, -0.15) is 0 Å². The molecule has 2 nitrogen and oxygen atoms in total. The fourth-order valence-corrected chi connectivity index (χ4v) is 2.01. The molecule has 1 atom stereocenters. The number of nitrogens with zero attached hydrogens (tertiary/aromatic N) is 1. The van der Waals surface area contributed by atoms with Crippen molar-refractivity contribution in [2.24, 2.45) is 5.73 Å². The van der Waals surface area contributed by atoms with Crippen LogP contribution >= 0.6 is 11.6 Å².